The van der Waals surface area contributed by atoms with E-state index in [0.717, 1.165) is 25.7 Å². The molecule has 0 aromatic carbocycles. The van der Waals surface area contributed by atoms with Gasteiger partial charge in [0.15, 0.2) is 0 Å². The van der Waals surface area contributed by atoms with Gasteiger partial charge >= 0.3 is 0 Å². The van der Waals surface area contributed by atoms with Crippen LogP contribution in [0.2, 0.25) is 0 Å². The number of nitrogens with zero attached hydrogens (tertiary/aromatic N) is 2. The Morgan fingerprint density at radius 3 is 2.68 bits per heavy atom. The highest BCUT2D eigenvalue weighted by atomic mass is 15.1. The van der Waals surface area contributed by atoms with Gasteiger partial charge in [0.05, 0.1) is 0 Å². The van der Waals surface area contributed by atoms with Gasteiger partial charge in [-0.3, -0.25) is 9.88 Å². The molecule has 0 radical (unpaired) electrons. The summed E-state index contributed by atoms with van der Waals surface area (Å²) in [5.74, 6) is 0. The second-order valence-electron chi connectivity index (χ2n) is 5.51. The average molecular weight is 261 g/mol. The maximum absolute atomic E-state index is 4.07. The van der Waals surface area contributed by atoms with Crippen molar-refractivity contribution in [1.82, 2.24) is 15.2 Å². The molecule has 0 saturated heterocycles. The van der Waals surface area contributed by atoms with Crippen LogP contribution in [0.3, 0.4) is 0 Å². The van der Waals surface area contributed by atoms with Gasteiger partial charge in [0.1, 0.15) is 0 Å². The zero-order valence-electron chi connectivity index (χ0n) is 12.1. The molecule has 1 aliphatic carbocycles. The van der Waals surface area contributed by atoms with E-state index in [-0.39, 0.29) is 0 Å². The summed E-state index contributed by atoms with van der Waals surface area (Å²) in [5.41, 5.74) is 1.36. The zero-order chi connectivity index (χ0) is 13.3. The van der Waals surface area contributed by atoms with Crippen LogP contribution in [0.4, 0.5) is 0 Å². The van der Waals surface area contributed by atoms with E-state index < -0.39 is 0 Å². The monoisotopic (exact) mass is 261 g/mol. The van der Waals surface area contributed by atoms with Gasteiger partial charge < -0.3 is 5.32 Å². The summed E-state index contributed by atoms with van der Waals surface area (Å²) in [6.07, 6.45) is 10.6. The summed E-state index contributed by atoms with van der Waals surface area (Å²) in [5, 5.41) is 3.69. The first-order valence-corrected chi connectivity index (χ1v) is 7.73. The van der Waals surface area contributed by atoms with Gasteiger partial charge in [-0.25, -0.2) is 0 Å². The van der Waals surface area contributed by atoms with Crippen molar-refractivity contribution in [2.45, 2.75) is 51.6 Å². The van der Waals surface area contributed by atoms with Crippen LogP contribution in [0.5, 0.6) is 0 Å². The van der Waals surface area contributed by atoms with Gasteiger partial charge in [0, 0.05) is 25.0 Å². The first-order chi connectivity index (χ1) is 9.38. The van der Waals surface area contributed by atoms with Crippen LogP contribution >= 0.6 is 0 Å². The third-order valence-electron chi connectivity index (χ3n) is 4.04. The lowest BCUT2D eigenvalue weighted by atomic mass is 10.2. The minimum absolute atomic E-state index is 0.801. The Bertz CT molecular complexity index is 333. The molecule has 0 spiro atoms. The van der Waals surface area contributed by atoms with Crippen molar-refractivity contribution in [1.29, 1.82) is 0 Å². The molecule has 0 unspecified atom stereocenters. The Balaban J connectivity index is 1.62. The molecule has 1 fully saturated rings. The van der Waals surface area contributed by atoms with Crippen LogP contribution in [-0.4, -0.2) is 35.6 Å². The fourth-order valence-corrected chi connectivity index (χ4v) is 2.83. The van der Waals surface area contributed by atoms with Gasteiger partial charge in [-0.15, -0.1) is 0 Å². The van der Waals surface area contributed by atoms with E-state index in [4.69, 9.17) is 0 Å². The molecule has 3 nitrogen and oxygen atoms in total. The SMILES string of the molecule is CCN(CCCNC1CCCC1)Cc1ccncc1. The maximum atomic E-state index is 4.07. The Labute approximate surface area is 117 Å². The molecule has 0 aliphatic heterocycles. The topological polar surface area (TPSA) is 28.2 Å². The van der Waals surface area contributed by atoms with Gasteiger partial charge in [-0.05, 0) is 56.6 Å². The lowest BCUT2D eigenvalue weighted by Crippen LogP contribution is -2.31. The molecule has 1 aromatic heterocycles. The number of pyridine rings is 1. The van der Waals surface area contributed by atoms with Crippen LogP contribution in [-0.2, 0) is 6.54 Å². The molecular weight excluding hydrogens is 234 g/mol. The van der Waals surface area contributed by atoms with Gasteiger partial charge in [0.25, 0.3) is 0 Å². The summed E-state index contributed by atoms with van der Waals surface area (Å²) in [7, 11) is 0. The predicted octanol–water partition coefficient (Wildman–Crippen LogP) is 2.83. The number of aromatic nitrogens is 1. The third-order valence-corrected chi connectivity index (χ3v) is 4.04. The van der Waals surface area contributed by atoms with Crippen LogP contribution in [0.1, 0.15) is 44.6 Å². The number of hydrogen-bond acceptors (Lipinski definition) is 3. The van der Waals surface area contributed by atoms with Crippen molar-refractivity contribution in [2.75, 3.05) is 19.6 Å². The normalized spacial score (nSPS) is 16.3. The lowest BCUT2D eigenvalue weighted by Gasteiger charge is -2.21. The maximum Gasteiger partial charge on any atom is 0.0271 e. The van der Waals surface area contributed by atoms with E-state index in [9.17, 15) is 0 Å². The summed E-state index contributed by atoms with van der Waals surface area (Å²) in [4.78, 5) is 6.58. The molecule has 1 aliphatic rings. The molecule has 0 amide bonds. The predicted molar refractivity (Wildman–Crippen MR) is 80.1 cm³/mol. The van der Waals surface area contributed by atoms with Gasteiger partial charge in [-0.2, -0.15) is 0 Å². The van der Waals surface area contributed by atoms with Crippen molar-refractivity contribution >= 4 is 0 Å². The van der Waals surface area contributed by atoms with Gasteiger partial charge in [-0.1, -0.05) is 19.8 Å². The molecule has 1 N–H and O–H groups in total. The molecule has 3 heteroatoms. The van der Waals surface area contributed by atoms with Crippen LogP contribution in [0.25, 0.3) is 0 Å². The zero-order valence-corrected chi connectivity index (χ0v) is 12.1. The van der Waals surface area contributed by atoms with E-state index in [2.05, 4.69) is 34.3 Å². The fraction of sp³-hybridized carbons (Fsp3) is 0.688. The Kier molecular flexibility index (Phi) is 6.31. The quantitative estimate of drug-likeness (QED) is 0.729. The van der Waals surface area contributed by atoms with Crippen molar-refractivity contribution in [3.63, 3.8) is 0 Å². The smallest absolute Gasteiger partial charge is 0.0271 e. The summed E-state index contributed by atoms with van der Waals surface area (Å²) < 4.78 is 0. The van der Waals surface area contributed by atoms with E-state index >= 15 is 0 Å². The minimum atomic E-state index is 0.801. The molecule has 1 saturated carbocycles. The Morgan fingerprint density at radius 1 is 1.26 bits per heavy atom. The van der Waals surface area contributed by atoms with Crippen molar-refractivity contribution in [3.8, 4) is 0 Å². The molecular formula is C16H27N3. The summed E-state index contributed by atoms with van der Waals surface area (Å²) >= 11 is 0. The summed E-state index contributed by atoms with van der Waals surface area (Å²) in [6.45, 7) is 6.75. The molecule has 106 valence electrons. The van der Waals surface area contributed by atoms with E-state index in [1.54, 1.807) is 0 Å². The van der Waals surface area contributed by atoms with Crippen molar-refractivity contribution in [2.24, 2.45) is 0 Å². The standard InChI is InChI=1S/C16H27N3/c1-2-19(14-15-8-11-17-12-9-15)13-5-10-18-16-6-3-4-7-16/h8-9,11-12,16,18H,2-7,10,13-14H2,1H3. The highest BCUT2D eigenvalue weighted by Gasteiger charge is 2.13. The van der Waals surface area contributed by atoms with Crippen molar-refractivity contribution in [3.05, 3.63) is 30.1 Å². The Hall–Kier alpha value is -0.930. The number of hydrogen-bond donors (Lipinski definition) is 1. The van der Waals surface area contributed by atoms with E-state index in [1.165, 1.54) is 44.2 Å². The second-order valence-corrected chi connectivity index (χ2v) is 5.51. The summed E-state index contributed by atoms with van der Waals surface area (Å²) in [6, 6.07) is 5.02. The first-order valence-electron chi connectivity index (χ1n) is 7.73. The molecule has 0 bridgehead atoms. The highest BCUT2D eigenvalue weighted by molar-refractivity contribution is 5.09. The number of nitrogens with one attached hydrogen (secondary N) is 1. The second kappa shape index (κ2) is 8.28. The number of rotatable bonds is 8. The van der Waals surface area contributed by atoms with Crippen LogP contribution < -0.4 is 5.32 Å². The van der Waals surface area contributed by atoms with Gasteiger partial charge in [0.2, 0.25) is 0 Å². The van der Waals surface area contributed by atoms with Crippen molar-refractivity contribution < 1.29 is 0 Å². The third kappa shape index (κ3) is 5.29. The molecule has 2 rings (SSSR count). The average Bonchev–Trinajstić information content (AvgIpc) is 2.96. The highest BCUT2D eigenvalue weighted by Crippen LogP contribution is 2.17. The van der Waals surface area contributed by atoms with Crippen LogP contribution in [0, 0.1) is 0 Å². The molecule has 19 heavy (non-hydrogen) atoms. The molecule has 1 aromatic rings. The molecule has 0 atom stereocenters. The lowest BCUT2D eigenvalue weighted by molar-refractivity contribution is 0.273. The van der Waals surface area contributed by atoms with E-state index in [1.807, 2.05) is 12.4 Å². The first kappa shape index (κ1) is 14.5. The largest absolute Gasteiger partial charge is 0.314 e. The van der Waals surface area contributed by atoms with E-state index in [0.29, 0.717) is 0 Å². The Morgan fingerprint density at radius 2 is 2.00 bits per heavy atom. The fourth-order valence-electron chi connectivity index (χ4n) is 2.83. The molecule has 1 heterocycles. The van der Waals surface area contributed by atoms with Crippen LogP contribution in [0.15, 0.2) is 24.5 Å². The minimum Gasteiger partial charge on any atom is -0.314 e.